The third-order valence-electron chi connectivity index (χ3n) is 15.5. The van der Waals surface area contributed by atoms with Crippen LogP contribution in [0.15, 0.2) is 59.7 Å². The molecular weight excluding hydrogens is 936 g/mol. The maximum atomic E-state index is 13.8. The van der Waals surface area contributed by atoms with E-state index in [1.807, 2.05) is 70.4 Å². The predicted octanol–water partition coefficient (Wildman–Crippen LogP) is 6.80. The number of fused-ring (bicyclic) bond motifs is 4. The van der Waals surface area contributed by atoms with Gasteiger partial charge in [0.15, 0.2) is 0 Å². The molecule has 2 unspecified atom stereocenters. The number of carbonyl (C=O) groups excluding carboxylic acids is 5. The zero-order valence-corrected chi connectivity index (χ0v) is 45.9. The van der Waals surface area contributed by atoms with Crippen molar-refractivity contribution in [2.45, 2.75) is 162 Å². The smallest absolute Gasteiger partial charge is 0.870 e. The second-order valence-corrected chi connectivity index (χ2v) is 23.0. The van der Waals surface area contributed by atoms with E-state index in [-0.39, 0.29) is 91.1 Å². The Morgan fingerprint density at radius 1 is 0.608 bits per heavy atom. The molecule has 0 radical (unpaired) electrons. The van der Waals surface area contributed by atoms with Crippen LogP contribution in [-0.4, -0.2) is 136 Å². The normalized spacial score (nSPS) is 23.0. The molecule has 16 heteroatoms. The number of benzene rings is 2. The molecule has 0 saturated heterocycles. The molecule has 4 aliphatic carbocycles. The first-order valence-electron chi connectivity index (χ1n) is 26.6. The molecule has 0 aromatic heterocycles. The van der Waals surface area contributed by atoms with Crippen LogP contribution in [-0.2, 0) is 46.2 Å². The number of rotatable bonds is 11. The van der Waals surface area contributed by atoms with Crippen molar-refractivity contribution in [1.82, 2.24) is 19.6 Å². The van der Waals surface area contributed by atoms with E-state index in [2.05, 4.69) is 36.4 Å². The summed E-state index contributed by atoms with van der Waals surface area (Å²) in [6.07, 6.45) is 9.39. The zero-order chi connectivity index (χ0) is 52.1. The number of carboxylic acid groups (broad SMARTS) is 1. The molecule has 2 aromatic rings. The summed E-state index contributed by atoms with van der Waals surface area (Å²) < 4.78 is 16.2. The van der Waals surface area contributed by atoms with Crippen LogP contribution in [0.5, 0.6) is 0 Å². The van der Waals surface area contributed by atoms with Crippen molar-refractivity contribution >= 4 is 47.1 Å². The van der Waals surface area contributed by atoms with E-state index in [1.54, 1.807) is 23.9 Å². The Morgan fingerprint density at radius 2 is 0.986 bits per heavy atom. The van der Waals surface area contributed by atoms with Gasteiger partial charge < -0.3 is 44.4 Å². The number of nitrogens with zero attached hydrogens (tertiary/aromatic N) is 4. The molecule has 2 aliphatic heterocycles. The Morgan fingerprint density at radius 3 is 1.35 bits per heavy atom. The van der Waals surface area contributed by atoms with Crippen molar-refractivity contribution in [3.8, 4) is 0 Å². The Balaban J connectivity index is 0.000000267. The minimum Gasteiger partial charge on any atom is -0.870 e. The van der Waals surface area contributed by atoms with Gasteiger partial charge in [0.2, 0.25) is 11.8 Å². The quantitative estimate of drug-likeness (QED) is 0.142. The summed E-state index contributed by atoms with van der Waals surface area (Å²) in [4.78, 5) is 83.6. The summed E-state index contributed by atoms with van der Waals surface area (Å²) in [5.74, 6) is -0.286. The number of carbonyl (C=O) groups is 6. The molecular formula is C58H81LiN4O11. The second kappa shape index (κ2) is 25.6. The Hall–Kier alpha value is -5.10. The van der Waals surface area contributed by atoms with E-state index >= 15 is 0 Å². The maximum Gasteiger partial charge on any atom is 1.00 e. The number of hydrogen-bond donors (Lipinski definition) is 1. The molecule has 74 heavy (non-hydrogen) atoms. The monoisotopic (exact) mass is 1020 g/mol. The Kier molecular flexibility index (Phi) is 20.7. The molecule has 2 N–H and O–H groups in total. The van der Waals surface area contributed by atoms with Gasteiger partial charge in [0.1, 0.15) is 11.2 Å². The van der Waals surface area contributed by atoms with Crippen molar-refractivity contribution in [3.63, 3.8) is 0 Å². The fourth-order valence-electron chi connectivity index (χ4n) is 12.1. The summed E-state index contributed by atoms with van der Waals surface area (Å²) >= 11 is 0. The fraction of sp³-hybridized carbons (Fsp3) is 0.621. The van der Waals surface area contributed by atoms with E-state index in [0.29, 0.717) is 44.6 Å². The summed E-state index contributed by atoms with van der Waals surface area (Å²) in [5.41, 5.74) is 8.84. The minimum atomic E-state index is -0.869. The Labute approximate surface area is 451 Å². The van der Waals surface area contributed by atoms with Crippen molar-refractivity contribution in [1.29, 1.82) is 0 Å². The van der Waals surface area contributed by atoms with E-state index < -0.39 is 17.2 Å². The molecule has 0 spiro atoms. The van der Waals surface area contributed by atoms with Crippen LogP contribution >= 0.6 is 0 Å². The van der Waals surface area contributed by atoms with Crippen LogP contribution in [0.4, 0.5) is 9.59 Å². The molecule has 0 bridgehead atoms. The topological polar surface area (TPSA) is 193 Å². The molecule has 8 rings (SSSR count). The van der Waals surface area contributed by atoms with Crippen molar-refractivity contribution in [2.24, 2.45) is 23.7 Å². The number of amides is 4. The number of esters is 1. The van der Waals surface area contributed by atoms with Gasteiger partial charge in [-0.15, -0.1) is 0 Å². The molecule has 400 valence electrons. The SMILES string of the molecule is CCOC(=O)CC1C2=C(CCN1C(=O)C1CCC(CN(C)C(=O)OC(C)(C)C)CC1)c1ccccc1C2.CN(CC1CCC(C(=O)N2CCC3=C(Cc4ccccc43)C2CC(=O)O)CC1)C(=O)OC(C)(C)C.[Li+].[OH-]. The van der Waals surface area contributed by atoms with E-state index in [1.165, 1.54) is 39.0 Å². The molecule has 4 amide bonds. The number of hydrogen-bond acceptors (Lipinski definition) is 10. The molecule has 15 nitrogen and oxygen atoms in total. The first kappa shape index (κ1) is 59.8. The number of carboxylic acids is 1. The first-order valence-corrected chi connectivity index (χ1v) is 26.6. The summed E-state index contributed by atoms with van der Waals surface area (Å²) in [7, 11) is 3.55. The van der Waals surface area contributed by atoms with Gasteiger partial charge >= 0.3 is 43.0 Å². The van der Waals surface area contributed by atoms with Gasteiger partial charge in [-0.2, -0.15) is 0 Å². The first-order chi connectivity index (χ1) is 34.1. The molecule has 2 heterocycles. The van der Waals surface area contributed by atoms with E-state index in [0.717, 1.165) is 82.6 Å². The van der Waals surface area contributed by atoms with Crippen molar-refractivity contribution in [2.75, 3.05) is 46.9 Å². The molecule has 6 aliphatic rings. The van der Waals surface area contributed by atoms with Gasteiger partial charge in [0.05, 0.1) is 31.5 Å². The van der Waals surface area contributed by atoms with Gasteiger partial charge in [0.25, 0.3) is 0 Å². The average Bonchev–Trinajstić information content (AvgIpc) is 3.90. The van der Waals surface area contributed by atoms with E-state index in [4.69, 9.17) is 14.2 Å². The van der Waals surface area contributed by atoms with Crippen LogP contribution in [0, 0.1) is 23.7 Å². The fourth-order valence-corrected chi connectivity index (χ4v) is 12.1. The average molecular weight is 1020 g/mol. The zero-order valence-electron chi connectivity index (χ0n) is 45.9. The molecule has 2 fully saturated rings. The molecule has 2 aromatic carbocycles. The summed E-state index contributed by atoms with van der Waals surface area (Å²) in [6, 6.07) is 16.1. The standard InChI is InChI=1S/C30H42N2O5.C28H38N2O5.Li.H2O/c1-6-36-27(33)18-26-25-17-22-9-7-8-10-23(22)24(25)15-16-32(26)28(34)21-13-11-20(12-14-21)19-31(5)29(35)37-30(2,3)4;1-28(2,3)35-27(34)29(4)17-18-9-11-19(12-10-18)26(33)30-14-13-22-21-8-6-5-7-20(21)15-23(22)24(30)16-25(31)32;;/h7-10,20-21,26H,6,11-19H2,1-5H3;5-8,18-19,24H,9-17H2,1-4H3,(H,31,32);;1H2/q;;+1;/p-1. The molecule has 2 saturated carbocycles. The molecule has 2 atom stereocenters. The van der Waals surface area contributed by atoms with E-state index in [9.17, 15) is 33.9 Å². The minimum absolute atomic E-state index is 0. The van der Waals surface area contributed by atoms with Gasteiger partial charge in [-0.3, -0.25) is 19.2 Å². The maximum absolute atomic E-state index is 13.8. The van der Waals surface area contributed by atoms with Crippen LogP contribution in [0.3, 0.4) is 0 Å². The predicted molar refractivity (Wildman–Crippen MR) is 278 cm³/mol. The third-order valence-corrected chi connectivity index (χ3v) is 15.5. The number of ether oxygens (including phenoxy) is 3. The van der Waals surface area contributed by atoms with Gasteiger partial charge in [0, 0.05) is 52.1 Å². The second-order valence-electron chi connectivity index (χ2n) is 23.0. The van der Waals surface area contributed by atoms with Gasteiger partial charge in [-0.05, 0) is 182 Å². The van der Waals surface area contributed by atoms with Gasteiger partial charge in [-0.1, -0.05) is 48.5 Å². The number of aliphatic carboxylic acids is 1. The van der Waals surface area contributed by atoms with Crippen molar-refractivity contribution < 1.29 is 72.4 Å². The summed E-state index contributed by atoms with van der Waals surface area (Å²) in [5, 5.41) is 9.64. The van der Waals surface area contributed by atoms with Crippen LogP contribution in [0.1, 0.15) is 148 Å². The third kappa shape index (κ3) is 14.8. The van der Waals surface area contributed by atoms with Crippen molar-refractivity contribution in [3.05, 3.63) is 81.9 Å². The summed E-state index contributed by atoms with van der Waals surface area (Å²) in [6.45, 7) is 15.8. The van der Waals surface area contributed by atoms with Crippen LogP contribution < -0.4 is 18.9 Å². The largest absolute Gasteiger partial charge is 1.00 e. The van der Waals surface area contributed by atoms with Crippen LogP contribution in [0.25, 0.3) is 11.1 Å². The Bertz CT molecular complexity index is 2410. The van der Waals surface area contributed by atoms with Gasteiger partial charge in [-0.25, -0.2) is 9.59 Å². The van der Waals surface area contributed by atoms with Crippen LogP contribution in [0.2, 0.25) is 0 Å².